The Labute approximate surface area is 188 Å². The van der Waals surface area contributed by atoms with Crippen LogP contribution in [0.5, 0.6) is 0 Å². The van der Waals surface area contributed by atoms with Crippen molar-refractivity contribution in [3.8, 4) is 0 Å². The summed E-state index contributed by atoms with van der Waals surface area (Å²) in [5.41, 5.74) is 3.40. The molecule has 8 heteroatoms. The van der Waals surface area contributed by atoms with E-state index in [1.54, 1.807) is 24.4 Å². The number of carbonyl (C=O) groups excluding carboxylic acids is 1. The molecule has 1 aliphatic carbocycles. The van der Waals surface area contributed by atoms with Crippen molar-refractivity contribution in [3.63, 3.8) is 0 Å². The molecule has 1 amide bonds. The minimum absolute atomic E-state index is 0.132. The Balaban J connectivity index is 1.36. The van der Waals surface area contributed by atoms with Crippen molar-refractivity contribution in [2.45, 2.75) is 44.2 Å². The van der Waals surface area contributed by atoms with Crippen LogP contribution >= 0.6 is 0 Å². The molecule has 0 radical (unpaired) electrons. The van der Waals surface area contributed by atoms with Gasteiger partial charge >= 0.3 is 0 Å². The Morgan fingerprint density at radius 1 is 1.12 bits per heavy atom. The number of fused-ring (bicyclic) bond motifs is 1. The molecule has 1 N–H and O–H groups in total. The molecular formula is C24H26N4O3S. The number of hydrogen-bond donors (Lipinski definition) is 1. The summed E-state index contributed by atoms with van der Waals surface area (Å²) in [6.45, 7) is 3.46. The number of benzene rings is 2. The Morgan fingerprint density at radius 3 is 2.69 bits per heavy atom. The molecule has 0 unspecified atom stereocenters. The second kappa shape index (κ2) is 8.18. The molecule has 3 aromatic rings. The summed E-state index contributed by atoms with van der Waals surface area (Å²) in [5, 5.41) is 7.31. The van der Waals surface area contributed by atoms with E-state index in [2.05, 4.69) is 10.4 Å². The Bertz CT molecular complexity index is 1280. The molecule has 0 spiro atoms. The average molecular weight is 451 g/mol. The highest BCUT2D eigenvalue weighted by Gasteiger charge is 2.29. The van der Waals surface area contributed by atoms with Crippen LogP contribution in [0.25, 0.3) is 0 Å². The summed E-state index contributed by atoms with van der Waals surface area (Å²) in [6, 6.07) is 14.2. The highest BCUT2D eigenvalue weighted by molar-refractivity contribution is 7.89. The number of carbonyl (C=O) groups is 1. The zero-order valence-electron chi connectivity index (χ0n) is 18.0. The van der Waals surface area contributed by atoms with Gasteiger partial charge in [0.25, 0.3) is 5.91 Å². The molecule has 2 aromatic carbocycles. The fraction of sp³-hybridized carbons (Fsp3) is 0.333. The lowest BCUT2D eigenvalue weighted by Crippen LogP contribution is -2.36. The topological polar surface area (TPSA) is 84.3 Å². The molecule has 7 nitrogen and oxygen atoms in total. The van der Waals surface area contributed by atoms with Crippen molar-refractivity contribution in [3.05, 3.63) is 77.0 Å². The van der Waals surface area contributed by atoms with Gasteiger partial charge in [0.1, 0.15) is 5.82 Å². The number of amides is 1. The highest BCUT2D eigenvalue weighted by atomic mass is 32.2. The van der Waals surface area contributed by atoms with E-state index in [1.807, 2.05) is 35.9 Å². The first kappa shape index (κ1) is 20.9. The number of nitrogens with one attached hydrogen (secondary N) is 1. The molecule has 32 heavy (non-hydrogen) atoms. The van der Waals surface area contributed by atoms with Crippen LogP contribution in [0.2, 0.25) is 0 Å². The zero-order chi connectivity index (χ0) is 22.3. The predicted octanol–water partition coefficient (Wildman–Crippen LogP) is 3.60. The summed E-state index contributed by atoms with van der Waals surface area (Å²) < 4.78 is 29.9. The van der Waals surface area contributed by atoms with Gasteiger partial charge in [-0.3, -0.25) is 4.79 Å². The molecule has 2 aliphatic rings. The summed E-state index contributed by atoms with van der Waals surface area (Å²) in [4.78, 5) is 13.1. The van der Waals surface area contributed by atoms with E-state index in [9.17, 15) is 13.2 Å². The van der Waals surface area contributed by atoms with Crippen LogP contribution < -0.4 is 5.32 Å². The summed E-state index contributed by atoms with van der Waals surface area (Å²) in [6.07, 6.45) is 4.80. The zero-order valence-corrected chi connectivity index (χ0v) is 18.8. The van der Waals surface area contributed by atoms with Crippen LogP contribution in [-0.4, -0.2) is 35.0 Å². The van der Waals surface area contributed by atoms with Gasteiger partial charge in [-0.25, -0.2) is 13.1 Å². The maximum absolute atomic E-state index is 13.3. The van der Waals surface area contributed by atoms with Crippen molar-refractivity contribution < 1.29 is 13.2 Å². The average Bonchev–Trinajstić information content (AvgIpc) is 3.57. The number of anilines is 1. The smallest absolute Gasteiger partial charge is 0.256 e. The number of rotatable bonds is 6. The molecule has 1 aliphatic heterocycles. The first-order valence-electron chi connectivity index (χ1n) is 10.9. The van der Waals surface area contributed by atoms with Gasteiger partial charge in [-0.2, -0.15) is 9.40 Å². The summed E-state index contributed by atoms with van der Waals surface area (Å²) in [5.74, 6) is 0.947. The van der Waals surface area contributed by atoms with E-state index in [-0.39, 0.29) is 10.8 Å². The fourth-order valence-corrected chi connectivity index (χ4v) is 5.59. The first-order valence-corrected chi connectivity index (χ1v) is 12.4. The lowest BCUT2D eigenvalue weighted by Gasteiger charge is -2.28. The molecule has 0 saturated heterocycles. The fourth-order valence-electron chi connectivity index (χ4n) is 4.13. The summed E-state index contributed by atoms with van der Waals surface area (Å²) >= 11 is 0. The van der Waals surface area contributed by atoms with Crippen LogP contribution in [-0.2, 0) is 29.5 Å². The standard InChI is InChI=1S/C24H26N4O3S/c1-17-14-25-28(15-18-9-10-18)23(17)26-24(29)20-7-4-8-22(13-20)32(30,31)27-12-11-19-5-2-3-6-21(19)16-27/h2-8,13-14,18H,9-12,15-16H2,1H3,(H,26,29). The second-order valence-electron chi connectivity index (χ2n) is 8.64. The maximum atomic E-state index is 13.3. The van der Waals surface area contributed by atoms with Gasteiger partial charge in [0.15, 0.2) is 0 Å². The van der Waals surface area contributed by atoms with Crippen LogP contribution in [0.1, 0.15) is 39.9 Å². The quantitative estimate of drug-likeness (QED) is 0.622. The Kier molecular flexibility index (Phi) is 5.35. The lowest BCUT2D eigenvalue weighted by atomic mass is 10.0. The number of hydrogen-bond acceptors (Lipinski definition) is 4. The van der Waals surface area contributed by atoms with Crippen LogP contribution in [0.3, 0.4) is 0 Å². The maximum Gasteiger partial charge on any atom is 0.256 e. The van der Waals surface area contributed by atoms with Crippen molar-refractivity contribution in [2.75, 3.05) is 11.9 Å². The summed E-state index contributed by atoms with van der Waals surface area (Å²) in [7, 11) is -3.71. The van der Waals surface area contributed by atoms with E-state index >= 15 is 0 Å². The second-order valence-corrected chi connectivity index (χ2v) is 10.6. The molecule has 166 valence electrons. The monoisotopic (exact) mass is 450 g/mol. The van der Waals surface area contributed by atoms with Gasteiger partial charge in [-0.15, -0.1) is 0 Å². The predicted molar refractivity (Wildman–Crippen MR) is 122 cm³/mol. The van der Waals surface area contributed by atoms with E-state index in [4.69, 9.17) is 0 Å². The van der Waals surface area contributed by atoms with E-state index < -0.39 is 10.0 Å². The minimum atomic E-state index is -3.71. The van der Waals surface area contributed by atoms with Crippen LogP contribution in [0, 0.1) is 12.8 Å². The van der Waals surface area contributed by atoms with Crippen molar-refractivity contribution in [1.82, 2.24) is 14.1 Å². The highest BCUT2D eigenvalue weighted by Crippen LogP contribution is 2.32. The molecule has 0 bridgehead atoms. The first-order chi connectivity index (χ1) is 15.4. The van der Waals surface area contributed by atoms with Crippen molar-refractivity contribution >= 4 is 21.7 Å². The number of sulfonamides is 1. The van der Waals surface area contributed by atoms with Crippen molar-refractivity contribution in [1.29, 1.82) is 0 Å². The largest absolute Gasteiger partial charge is 0.307 e. The molecule has 1 fully saturated rings. The molecule has 5 rings (SSSR count). The Hall–Kier alpha value is -2.97. The van der Waals surface area contributed by atoms with Crippen LogP contribution in [0.15, 0.2) is 59.6 Å². The van der Waals surface area contributed by atoms with Gasteiger partial charge in [-0.1, -0.05) is 30.3 Å². The number of aryl methyl sites for hydroxylation is 1. The normalized spacial score (nSPS) is 16.5. The third-order valence-corrected chi connectivity index (χ3v) is 8.05. The van der Waals surface area contributed by atoms with Gasteiger partial charge < -0.3 is 5.32 Å². The van der Waals surface area contributed by atoms with Crippen LogP contribution in [0.4, 0.5) is 5.82 Å². The molecular weight excluding hydrogens is 424 g/mol. The third-order valence-electron chi connectivity index (χ3n) is 6.21. The Morgan fingerprint density at radius 2 is 1.91 bits per heavy atom. The molecule has 2 heterocycles. The minimum Gasteiger partial charge on any atom is -0.307 e. The lowest BCUT2D eigenvalue weighted by molar-refractivity contribution is 0.102. The van der Waals surface area contributed by atoms with Gasteiger partial charge in [0.2, 0.25) is 10.0 Å². The van der Waals surface area contributed by atoms with E-state index in [1.165, 1.54) is 28.8 Å². The van der Waals surface area contributed by atoms with E-state index in [0.717, 1.165) is 17.7 Å². The molecule has 0 atom stereocenters. The van der Waals surface area contributed by atoms with Gasteiger partial charge in [-0.05, 0) is 61.4 Å². The molecule has 1 aromatic heterocycles. The van der Waals surface area contributed by atoms with Crippen molar-refractivity contribution in [2.24, 2.45) is 5.92 Å². The molecule has 1 saturated carbocycles. The number of aromatic nitrogens is 2. The third kappa shape index (κ3) is 4.08. The SMILES string of the molecule is Cc1cnn(CC2CC2)c1NC(=O)c1cccc(S(=O)(=O)N2CCc3ccccc3C2)c1. The number of nitrogens with zero attached hydrogens (tertiary/aromatic N) is 3. The van der Waals surface area contributed by atoms with Gasteiger partial charge in [0.05, 0.1) is 11.1 Å². The van der Waals surface area contributed by atoms with Gasteiger partial charge in [0, 0.05) is 30.8 Å². The van der Waals surface area contributed by atoms with E-state index in [0.29, 0.717) is 36.8 Å².